The van der Waals surface area contributed by atoms with E-state index < -0.39 is 0 Å². The average molecular weight is 284 g/mol. The highest BCUT2D eigenvalue weighted by molar-refractivity contribution is 7.37. The van der Waals surface area contributed by atoms with Crippen molar-refractivity contribution in [3.05, 3.63) is 0 Å². The molecule has 0 unspecified atom stereocenters. The molecule has 1 rings (SSSR count). The van der Waals surface area contributed by atoms with Crippen molar-refractivity contribution >= 4 is 8.58 Å². The molecular weight excluding hydrogens is 247 g/mol. The van der Waals surface area contributed by atoms with Crippen molar-refractivity contribution in [2.75, 3.05) is 12.3 Å². The monoisotopic (exact) mass is 284 g/mol. The molecule has 19 heavy (non-hydrogen) atoms. The van der Waals surface area contributed by atoms with Gasteiger partial charge in [-0.1, -0.05) is 89.9 Å². The average Bonchev–Trinajstić information content (AvgIpc) is 2.43. The molecule has 0 amide bonds. The molecule has 0 saturated carbocycles. The molecule has 0 radical (unpaired) electrons. The molecule has 1 fully saturated rings. The van der Waals surface area contributed by atoms with Gasteiger partial charge in [-0.2, -0.15) is 0 Å². The van der Waals surface area contributed by atoms with E-state index in [0.717, 1.165) is 0 Å². The zero-order valence-electron chi connectivity index (χ0n) is 13.2. The SMILES string of the molecule is C1CCCCCCCCCPCCCCCCCC1. The van der Waals surface area contributed by atoms with Crippen molar-refractivity contribution in [3.63, 3.8) is 0 Å². The maximum Gasteiger partial charge on any atom is -0.0353 e. The van der Waals surface area contributed by atoms with Gasteiger partial charge in [0.05, 0.1) is 0 Å². The maximum absolute atomic E-state index is 1.53. The van der Waals surface area contributed by atoms with E-state index in [1.807, 2.05) is 0 Å². The van der Waals surface area contributed by atoms with Gasteiger partial charge in [-0.05, 0) is 25.2 Å². The van der Waals surface area contributed by atoms with E-state index in [1.165, 1.54) is 124 Å². The molecule has 0 bridgehead atoms. The van der Waals surface area contributed by atoms with Crippen LogP contribution in [-0.4, -0.2) is 12.3 Å². The Morgan fingerprint density at radius 3 is 0.737 bits per heavy atom. The summed E-state index contributed by atoms with van der Waals surface area (Å²) in [5, 5.41) is 0. The van der Waals surface area contributed by atoms with Crippen LogP contribution in [0.2, 0.25) is 0 Å². The Balaban J connectivity index is 2.01. The van der Waals surface area contributed by atoms with Gasteiger partial charge in [0, 0.05) is 0 Å². The Kier molecular flexibility index (Phi) is 13.6. The fraction of sp³-hybridized carbons (Fsp3) is 1.00. The molecule has 1 heteroatoms. The predicted molar refractivity (Wildman–Crippen MR) is 91.9 cm³/mol. The predicted octanol–water partition coefficient (Wildman–Crippen LogP) is 6.92. The third-order valence-corrected chi connectivity index (χ3v) is 5.87. The van der Waals surface area contributed by atoms with Crippen LogP contribution in [-0.2, 0) is 0 Å². The van der Waals surface area contributed by atoms with Crippen LogP contribution in [0.25, 0.3) is 0 Å². The van der Waals surface area contributed by atoms with Crippen LogP contribution in [0.1, 0.15) is 103 Å². The summed E-state index contributed by atoms with van der Waals surface area (Å²) in [7, 11) is 1.27. The van der Waals surface area contributed by atoms with Gasteiger partial charge in [-0.15, -0.1) is 8.58 Å². The Labute approximate surface area is 124 Å². The van der Waals surface area contributed by atoms with Gasteiger partial charge in [-0.25, -0.2) is 0 Å². The topological polar surface area (TPSA) is 0 Å². The highest BCUT2D eigenvalue weighted by atomic mass is 31.1. The second kappa shape index (κ2) is 14.8. The molecule has 0 nitrogen and oxygen atoms in total. The second-order valence-corrected chi connectivity index (χ2v) is 7.91. The molecule has 0 atom stereocenters. The summed E-state index contributed by atoms with van der Waals surface area (Å²) in [6, 6.07) is 0. The zero-order valence-corrected chi connectivity index (χ0v) is 14.2. The molecular formula is C18H37P. The third-order valence-electron chi connectivity index (χ3n) is 4.46. The molecule has 0 aromatic carbocycles. The minimum Gasteiger partial charge on any atom is -0.122 e. The molecule has 1 saturated heterocycles. The molecule has 1 aliphatic heterocycles. The Morgan fingerprint density at radius 1 is 0.263 bits per heavy atom. The van der Waals surface area contributed by atoms with E-state index in [9.17, 15) is 0 Å². The van der Waals surface area contributed by atoms with Crippen molar-refractivity contribution in [2.45, 2.75) is 103 Å². The molecule has 1 aliphatic rings. The van der Waals surface area contributed by atoms with E-state index in [4.69, 9.17) is 0 Å². The molecule has 0 N–H and O–H groups in total. The summed E-state index contributed by atoms with van der Waals surface area (Å²) >= 11 is 0. The molecule has 0 aliphatic carbocycles. The first-order valence-electron chi connectivity index (χ1n) is 9.21. The zero-order chi connectivity index (χ0) is 13.4. The first kappa shape index (κ1) is 17.5. The Morgan fingerprint density at radius 2 is 0.474 bits per heavy atom. The van der Waals surface area contributed by atoms with Crippen LogP contribution in [0.5, 0.6) is 0 Å². The summed E-state index contributed by atoms with van der Waals surface area (Å²) in [6.45, 7) is 0. The Bertz CT molecular complexity index is 86.4. The summed E-state index contributed by atoms with van der Waals surface area (Å²) < 4.78 is 0. The van der Waals surface area contributed by atoms with Gasteiger partial charge >= 0.3 is 0 Å². The smallest absolute Gasteiger partial charge is 0.0353 e. The molecule has 0 aromatic rings. The van der Waals surface area contributed by atoms with Crippen LogP contribution >= 0.6 is 8.58 Å². The maximum atomic E-state index is 1.53. The van der Waals surface area contributed by atoms with E-state index in [-0.39, 0.29) is 0 Å². The lowest BCUT2D eigenvalue weighted by atomic mass is 10.0. The third kappa shape index (κ3) is 13.2. The van der Waals surface area contributed by atoms with E-state index in [1.54, 1.807) is 0 Å². The van der Waals surface area contributed by atoms with Crippen molar-refractivity contribution in [1.29, 1.82) is 0 Å². The van der Waals surface area contributed by atoms with E-state index in [0.29, 0.717) is 0 Å². The van der Waals surface area contributed by atoms with Crippen molar-refractivity contribution in [2.24, 2.45) is 0 Å². The van der Waals surface area contributed by atoms with E-state index >= 15 is 0 Å². The summed E-state index contributed by atoms with van der Waals surface area (Å²) in [5.41, 5.74) is 0. The summed E-state index contributed by atoms with van der Waals surface area (Å²) in [6.07, 6.45) is 27.1. The number of rotatable bonds is 0. The van der Waals surface area contributed by atoms with Crippen molar-refractivity contribution < 1.29 is 0 Å². The fourth-order valence-corrected chi connectivity index (χ4v) is 4.35. The number of hydrogen-bond acceptors (Lipinski definition) is 0. The minimum absolute atomic E-state index is 1.27. The lowest BCUT2D eigenvalue weighted by molar-refractivity contribution is 0.532. The van der Waals surface area contributed by atoms with Crippen molar-refractivity contribution in [3.8, 4) is 0 Å². The van der Waals surface area contributed by atoms with Crippen LogP contribution in [0.15, 0.2) is 0 Å². The van der Waals surface area contributed by atoms with Gasteiger partial charge in [0.2, 0.25) is 0 Å². The molecule has 0 aromatic heterocycles. The quantitative estimate of drug-likeness (QED) is 0.423. The van der Waals surface area contributed by atoms with Gasteiger partial charge in [0.1, 0.15) is 0 Å². The normalized spacial score (nSPS) is 24.0. The van der Waals surface area contributed by atoms with Gasteiger partial charge in [0.25, 0.3) is 0 Å². The summed E-state index contributed by atoms with van der Waals surface area (Å²) in [5.74, 6) is 0. The van der Waals surface area contributed by atoms with Gasteiger partial charge in [0.15, 0.2) is 0 Å². The van der Waals surface area contributed by atoms with Crippen LogP contribution in [0.3, 0.4) is 0 Å². The van der Waals surface area contributed by atoms with Crippen LogP contribution in [0, 0.1) is 0 Å². The van der Waals surface area contributed by atoms with Gasteiger partial charge in [-0.3, -0.25) is 0 Å². The van der Waals surface area contributed by atoms with Crippen molar-refractivity contribution in [1.82, 2.24) is 0 Å². The number of hydrogen-bond donors (Lipinski definition) is 0. The standard InChI is InChI=1S/C18H37P/c1-2-4-6-8-10-12-14-16-18-19-17-15-13-11-9-7-5-3-1/h19H,1-18H2. The first-order chi connectivity index (χ1) is 9.50. The largest absolute Gasteiger partial charge is 0.122 e. The highest BCUT2D eigenvalue weighted by Gasteiger charge is 1.96. The van der Waals surface area contributed by atoms with Crippen LogP contribution < -0.4 is 0 Å². The lowest BCUT2D eigenvalue weighted by Gasteiger charge is -2.03. The molecule has 0 spiro atoms. The first-order valence-corrected chi connectivity index (χ1v) is 10.6. The lowest BCUT2D eigenvalue weighted by Crippen LogP contribution is -1.85. The minimum atomic E-state index is 1.27. The summed E-state index contributed by atoms with van der Waals surface area (Å²) in [4.78, 5) is 0. The van der Waals surface area contributed by atoms with Crippen LogP contribution in [0.4, 0.5) is 0 Å². The molecule has 1 heterocycles. The highest BCUT2D eigenvalue weighted by Crippen LogP contribution is 2.19. The van der Waals surface area contributed by atoms with Gasteiger partial charge < -0.3 is 0 Å². The second-order valence-electron chi connectivity index (χ2n) is 6.41. The fourth-order valence-electron chi connectivity index (χ4n) is 3.10. The van der Waals surface area contributed by atoms with E-state index in [2.05, 4.69) is 0 Å². The Hall–Kier alpha value is 0.430. The molecule has 114 valence electrons.